The minimum atomic E-state index is 0.0317. The van der Waals surface area contributed by atoms with Gasteiger partial charge in [0.15, 0.2) is 5.82 Å². The number of aromatic nitrogens is 3. The topological polar surface area (TPSA) is 92.4 Å². The molecule has 2 saturated heterocycles. The molecule has 4 heterocycles. The predicted molar refractivity (Wildman–Crippen MR) is 91.9 cm³/mol. The van der Waals surface area contributed by atoms with E-state index in [9.17, 15) is 9.59 Å². The smallest absolute Gasteiger partial charge is 0.258 e. The van der Waals surface area contributed by atoms with E-state index in [2.05, 4.69) is 15.1 Å². The lowest BCUT2D eigenvalue weighted by Crippen LogP contribution is -2.44. The maximum Gasteiger partial charge on any atom is 0.258 e. The van der Waals surface area contributed by atoms with Gasteiger partial charge in [-0.25, -0.2) is 0 Å². The Balaban J connectivity index is 1.33. The Morgan fingerprint density at radius 2 is 1.96 bits per heavy atom. The predicted octanol–water partition coefficient (Wildman–Crippen LogP) is 1.46. The molecule has 4 rings (SSSR count). The van der Waals surface area contributed by atoms with Gasteiger partial charge < -0.3 is 14.3 Å². The first-order chi connectivity index (χ1) is 12.7. The van der Waals surface area contributed by atoms with Crippen LogP contribution in [0.25, 0.3) is 11.5 Å². The standard InChI is InChI=1S/C18H21N5O3/c24-15-2-1-9-23(15)12-16(25)22-10-5-13(6-11-22)17-20-18(26-21-17)14-3-7-19-8-4-14/h3-4,7-8,13H,1-2,5-6,9-12H2. The summed E-state index contributed by atoms with van der Waals surface area (Å²) < 4.78 is 5.37. The molecule has 0 radical (unpaired) electrons. The molecule has 0 bridgehead atoms. The van der Waals surface area contributed by atoms with Crippen LogP contribution in [0.1, 0.15) is 37.4 Å². The van der Waals surface area contributed by atoms with Crippen LogP contribution in [0.15, 0.2) is 29.0 Å². The quantitative estimate of drug-likeness (QED) is 0.824. The van der Waals surface area contributed by atoms with E-state index in [1.165, 1.54) is 0 Å². The van der Waals surface area contributed by atoms with Crippen molar-refractivity contribution < 1.29 is 14.1 Å². The van der Waals surface area contributed by atoms with Gasteiger partial charge in [0.2, 0.25) is 11.8 Å². The van der Waals surface area contributed by atoms with E-state index in [0.717, 1.165) is 24.8 Å². The Bertz CT molecular complexity index is 783. The van der Waals surface area contributed by atoms with Crippen LogP contribution < -0.4 is 0 Å². The van der Waals surface area contributed by atoms with Gasteiger partial charge in [0.25, 0.3) is 5.89 Å². The third-order valence-electron chi connectivity index (χ3n) is 5.08. The molecule has 2 fully saturated rings. The Kier molecular flexibility index (Phi) is 4.64. The van der Waals surface area contributed by atoms with Crippen molar-refractivity contribution in [2.75, 3.05) is 26.2 Å². The molecule has 0 saturated carbocycles. The van der Waals surface area contributed by atoms with Crippen molar-refractivity contribution in [3.63, 3.8) is 0 Å². The Morgan fingerprint density at radius 1 is 1.19 bits per heavy atom. The number of amides is 2. The second-order valence-corrected chi connectivity index (χ2v) is 6.77. The Morgan fingerprint density at radius 3 is 2.65 bits per heavy atom. The molecule has 2 aromatic rings. The lowest BCUT2D eigenvalue weighted by Gasteiger charge is -2.31. The molecule has 0 spiro atoms. The van der Waals surface area contributed by atoms with Crippen LogP contribution in [0.4, 0.5) is 0 Å². The summed E-state index contributed by atoms with van der Waals surface area (Å²) in [6.45, 7) is 2.22. The van der Waals surface area contributed by atoms with E-state index in [1.54, 1.807) is 17.3 Å². The van der Waals surface area contributed by atoms with Crippen LogP contribution in [0.3, 0.4) is 0 Å². The van der Waals surface area contributed by atoms with Gasteiger partial charge in [0.1, 0.15) is 0 Å². The number of carbonyl (C=O) groups excluding carboxylic acids is 2. The first-order valence-electron chi connectivity index (χ1n) is 9.00. The van der Waals surface area contributed by atoms with Crippen molar-refractivity contribution in [1.82, 2.24) is 24.9 Å². The van der Waals surface area contributed by atoms with Crippen LogP contribution in [0.5, 0.6) is 0 Å². The zero-order valence-corrected chi connectivity index (χ0v) is 14.5. The number of hydrogen-bond donors (Lipinski definition) is 0. The molecule has 136 valence electrons. The van der Waals surface area contributed by atoms with Crippen LogP contribution in [0, 0.1) is 0 Å². The molecule has 2 amide bonds. The van der Waals surface area contributed by atoms with E-state index in [0.29, 0.717) is 37.8 Å². The van der Waals surface area contributed by atoms with Crippen molar-refractivity contribution in [3.8, 4) is 11.5 Å². The fourth-order valence-corrected chi connectivity index (χ4v) is 3.53. The minimum Gasteiger partial charge on any atom is -0.341 e. The monoisotopic (exact) mass is 355 g/mol. The molecule has 0 aliphatic carbocycles. The summed E-state index contributed by atoms with van der Waals surface area (Å²) in [6.07, 6.45) is 6.39. The van der Waals surface area contributed by atoms with Crippen molar-refractivity contribution in [2.24, 2.45) is 0 Å². The van der Waals surface area contributed by atoms with Gasteiger partial charge in [-0.2, -0.15) is 4.98 Å². The molecule has 0 N–H and O–H groups in total. The molecule has 8 nitrogen and oxygen atoms in total. The van der Waals surface area contributed by atoms with Crippen molar-refractivity contribution in [2.45, 2.75) is 31.6 Å². The molecule has 2 aliphatic heterocycles. The van der Waals surface area contributed by atoms with Gasteiger partial charge in [0, 0.05) is 49.9 Å². The zero-order chi connectivity index (χ0) is 17.9. The fourth-order valence-electron chi connectivity index (χ4n) is 3.53. The number of pyridine rings is 1. The van der Waals surface area contributed by atoms with Crippen molar-refractivity contribution >= 4 is 11.8 Å². The molecule has 0 unspecified atom stereocenters. The van der Waals surface area contributed by atoms with Crippen LogP contribution >= 0.6 is 0 Å². The van der Waals surface area contributed by atoms with Gasteiger partial charge in [-0.15, -0.1) is 0 Å². The Hall–Kier alpha value is -2.77. The zero-order valence-electron chi connectivity index (χ0n) is 14.5. The first kappa shape index (κ1) is 16.7. The number of hydrogen-bond acceptors (Lipinski definition) is 6. The second-order valence-electron chi connectivity index (χ2n) is 6.77. The van der Waals surface area contributed by atoms with Gasteiger partial charge in [0.05, 0.1) is 6.54 Å². The van der Waals surface area contributed by atoms with Gasteiger partial charge in [-0.3, -0.25) is 14.6 Å². The molecule has 0 atom stereocenters. The average Bonchev–Trinajstić information content (AvgIpc) is 3.32. The van der Waals surface area contributed by atoms with E-state index in [1.807, 2.05) is 17.0 Å². The highest BCUT2D eigenvalue weighted by molar-refractivity contribution is 5.85. The highest BCUT2D eigenvalue weighted by Crippen LogP contribution is 2.28. The molecule has 2 aromatic heterocycles. The van der Waals surface area contributed by atoms with E-state index >= 15 is 0 Å². The van der Waals surface area contributed by atoms with Crippen LogP contribution in [-0.4, -0.2) is 62.9 Å². The molecular formula is C18H21N5O3. The number of nitrogens with zero attached hydrogens (tertiary/aromatic N) is 5. The molecule has 8 heteroatoms. The number of likely N-dealkylation sites (tertiary alicyclic amines) is 2. The van der Waals surface area contributed by atoms with Crippen LogP contribution in [0.2, 0.25) is 0 Å². The maximum atomic E-state index is 12.4. The van der Waals surface area contributed by atoms with Crippen molar-refractivity contribution in [1.29, 1.82) is 0 Å². The van der Waals surface area contributed by atoms with Gasteiger partial charge in [-0.05, 0) is 31.4 Å². The first-order valence-corrected chi connectivity index (χ1v) is 9.00. The third-order valence-corrected chi connectivity index (χ3v) is 5.08. The fraction of sp³-hybridized carbons (Fsp3) is 0.500. The van der Waals surface area contributed by atoms with Crippen molar-refractivity contribution in [3.05, 3.63) is 30.4 Å². The number of carbonyl (C=O) groups is 2. The molecule has 0 aromatic carbocycles. The molecular weight excluding hydrogens is 334 g/mol. The highest BCUT2D eigenvalue weighted by Gasteiger charge is 2.29. The third kappa shape index (κ3) is 3.44. The number of piperidine rings is 1. The summed E-state index contributed by atoms with van der Waals surface area (Å²) in [5.41, 5.74) is 0.849. The summed E-state index contributed by atoms with van der Waals surface area (Å²) in [6, 6.07) is 3.66. The average molecular weight is 355 g/mol. The SMILES string of the molecule is O=C(CN1CCCC1=O)N1CCC(c2noc(-c3ccncc3)n2)CC1. The maximum absolute atomic E-state index is 12.4. The van der Waals surface area contributed by atoms with Gasteiger partial charge >= 0.3 is 0 Å². The summed E-state index contributed by atoms with van der Waals surface area (Å²) in [5, 5.41) is 4.12. The summed E-state index contributed by atoms with van der Waals surface area (Å²) in [7, 11) is 0. The number of rotatable bonds is 4. The largest absolute Gasteiger partial charge is 0.341 e. The molecule has 2 aliphatic rings. The summed E-state index contributed by atoms with van der Waals surface area (Å²) >= 11 is 0. The normalized spacial score (nSPS) is 18.5. The Labute approximate surface area is 151 Å². The lowest BCUT2D eigenvalue weighted by atomic mass is 9.96. The van der Waals surface area contributed by atoms with Crippen LogP contribution in [-0.2, 0) is 9.59 Å². The summed E-state index contributed by atoms with van der Waals surface area (Å²) in [4.78, 5) is 36.1. The van der Waals surface area contributed by atoms with Gasteiger partial charge in [-0.1, -0.05) is 5.16 Å². The minimum absolute atomic E-state index is 0.0317. The van der Waals surface area contributed by atoms with E-state index in [-0.39, 0.29) is 24.3 Å². The lowest BCUT2D eigenvalue weighted by molar-refractivity contribution is -0.139. The molecule has 26 heavy (non-hydrogen) atoms. The summed E-state index contributed by atoms with van der Waals surface area (Å²) in [5.74, 6) is 1.49. The highest BCUT2D eigenvalue weighted by atomic mass is 16.5. The second kappa shape index (κ2) is 7.23. The van der Waals surface area contributed by atoms with E-state index in [4.69, 9.17) is 4.52 Å². The van der Waals surface area contributed by atoms with E-state index < -0.39 is 0 Å².